The summed E-state index contributed by atoms with van der Waals surface area (Å²) in [5.41, 5.74) is 7.90. The number of benzene rings is 1. The van der Waals surface area contributed by atoms with E-state index in [-0.39, 0.29) is 12.6 Å². The van der Waals surface area contributed by atoms with Crippen molar-refractivity contribution in [1.82, 2.24) is 0 Å². The molecular weight excluding hydrogens is 178 g/mol. The van der Waals surface area contributed by atoms with E-state index in [2.05, 4.69) is 0 Å². The smallest absolute Gasteiger partial charge is 0.124 e. The molecule has 0 saturated heterocycles. The highest BCUT2D eigenvalue weighted by Crippen LogP contribution is 2.24. The van der Waals surface area contributed by atoms with Crippen LogP contribution in [-0.2, 0) is 0 Å². The van der Waals surface area contributed by atoms with E-state index < -0.39 is 0 Å². The first-order valence-electron chi connectivity index (χ1n) is 4.75. The Morgan fingerprint density at radius 3 is 2.79 bits per heavy atom. The molecule has 1 aromatic rings. The van der Waals surface area contributed by atoms with E-state index in [4.69, 9.17) is 15.6 Å². The van der Waals surface area contributed by atoms with Gasteiger partial charge >= 0.3 is 0 Å². The van der Waals surface area contributed by atoms with E-state index in [0.29, 0.717) is 6.61 Å². The summed E-state index contributed by atoms with van der Waals surface area (Å²) >= 11 is 0. The van der Waals surface area contributed by atoms with Crippen LogP contribution in [0.4, 0.5) is 0 Å². The molecule has 78 valence electrons. The van der Waals surface area contributed by atoms with E-state index >= 15 is 0 Å². The summed E-state index contributed by atoms with van der Waals surface area (Å²) < 4.78 is 5.40. The lowest BCUT2D eigenvalue weighted by molar-refractivity contribution is 0.200. The van der Waals surface area contributed by atoms with E-state index in [0.717, 1.165) is 16.9 Å². The SMILES string of the molecule is Cc1ccc([C@@H](C)N)c(OCCO)c1. The van der Waals surface area contributed by atoms with Crippen LogP contribution >= 0.6 is 0 Å². The molecular formula is C11H17NO2. The van der Waals surface area contributed by atoms with Gasteiger partial charge in [-0.25, -0.2) is 0 Å². The summed E-state index contributed by atoms with van der Waals surface area (Å²) in [4.78, 5) is 0. The highest BCUT2D eigenvalue weighted by atomic mass is 16.5. The maximum atomic E-state index is 8.67. The van der Waals surface area contributed by atoms with Crippen LogP contribution in [-0.4, -0.2) is 18.3 Å². The van der Waals surface area contributed by atoms with Gasteiger partial charge in [-0.3, -0.25) is 0 Å². The summed E-state index contributed by atoms with van der Waals surface area (Å²) in [5.74, 6) is 0.772. The number of ether oxygens (including phenoxy) is 1. The molecule has 0 unspecified atom stereocenters. The summed E-state index contributed by atoms with van der Waals surface area (Å²) in [7, 11) is 0. The van der Waals surface area contributed by atoms with Crippen LogP contribution in [0.3, 0.4) is 0 Å². The number of aliphatic hydroxyl groups is 1. The van der Waals surface area contributed by atoms with Gasteiger partial charge in [0.15, 0.2) is 0 Å². The minimum absolute atomic E-state index is 0.0202. The Balaban J connectivity index is 2.91. The van der Waals surface area contributed by atoms with Gasteiger partial charge < -0.3 is 15.6 Å². The molecule has 0 aliphatic rings. The van der Waals surface area contributed by atoms with Gasteiger partial charge in [-0.2, -0.15) is 0 Å². The lowest BCUT2D eigenvalue weighted by atomic mass is 10.1. The van der Waals surface area contributed by atoms with Crippen molar-refractivity contribution in [2.24, 2.45) is 5.73 Å². The van der Waals surface area contributed by atoms with Crippen molar-refractivity contribution in [3.8, 4) is 5.75 Å². The minimum Gasteiger partial charge on any atom is -0.491 e. The van der Waals surface area contributed by atoms with Crippen LogP contribution in [0, 0.1) is 6.92 Å². The van der Waals surface area contributed by atoms with E-state index in [1.165, 1.54) is 0 Å². The lowest BCUT2D eigenvalue weighted by Crippen LogP contribution is -2.10. The standard InChI is InChI=1S/C11H17NO2/c1-8-3-4-10(9(2)12)11(7-8)14-6-5-13/h3-4,7,9,13H,5-6,12H2,1-2H3/t9-/m1/s1. The van der Waals surface area contributed by atoms with Gasteiger partial charge in [-0.1, -0.05) is 12.1 Å². The Labute approximate surface area is 84.5 Å². The molecule has 3 nitrogen and oxygen atoms in total. The average Bonchev–Trinajstić information content (AvgIpc) is 2.14. The van der Waals surface area contributed by atoms with Gasteiger partial charge in [0.2, 0.25) is 0 Å². The van der Waals surface area contributed by atoms with Crippen LogP contribution in [0.15, 0.2) is 18.2 Å². The fourth-order valence-electron chi connectivity index (χ4n) is 1.30. The van der Waals surface area contributed by atoms with Crippen molar-refractivity contribution in [2.75, 3.05) is 13.2 Å². The van der Waals surface area contributed by atoms with Gasteiger partial charge in [0.25, 0.3) is 0 Å². The van der Waals surface area contributed by atoms with Gasteiger partial charge in [0.1, 0.15) is 12.4 Å². The van der Waals surface area contributed by atoms with E-state index in [1.54, 1.807) is 0 Å². The average molecular weight is 195 g/mol. The number of hydrogen-bond acceptors (Lipinski definition) is 3. The Kier molecular flexibility index (Phi) is 3.92. The van der Waals surface area contributed by atoms with Crippen molar-refractivity contribution in [3.63, 3.8) is 0 Å². The van der Waals surface area contributed by atoms with Gasteiger partial charge in [-0.15, -0.1) is 0 Å². The van der Waals surface area contributed by atoms with E-state index in [1.807, 2.05) is 32.0 Å². The summed E-state index contributed by atoms with van der Waals surface area (Å²) in [6.07, 6.45) is 0. The minimum atomic E-state index is -0.0516. The summed E-state index contributed by atoms with van der Waals surface area (Å²) in [5, 5.41) is 8.67. The molecule has 0 heterocycles. The Morgan fingerprint density at radius 2 is 2.21 bits per heavy atom. The molecule has 0 aliphatic carbocycles. The fourth-order valence-corrected chi connectivity index (χ4v) is 1.30. The number of nitrogens with two attached hydrogens (primary N) is 1. The van der Waals surface area contributed by atoms with Crippen molar-refractivity contribution in [1.29, 1.82) is 0 Å². The molecule has 0 bridgehead atoms. The second-order valence-corrected chi connectivity index (χ2v) is 3.40. The second-order valence-electron chi connectivity index (χ2n) is 3.40. The predicted octanol–water partition coefficient (Wildman–Crippen LogP) is 1.39. The first kappa shape index (κ1) is 11.0. The third-order valence-electron chi connectivity index (χ3n) is 2.01. The van der Waals surface area contributed by atoms with Crippen LogP contribution in [0.25, 0.3) is 0 Å². The normalized spacial score (nSPS) is 12.6. The van der Waals surface area contributed by atoms with Crippen LogP contribution in [0.5, 0.6) is 5.75 Å². The topological polar surface area (TPSA) is 55.5 Å². The molecule has 3 heteroatoms. The van der Waals surface area contributed by atoms with Crippen LogP contribution < -0.4 is 10.5 Å². The van der Waals surface area contributed by atoms with Crippen molar-refractivity contribution < 1.29 is 9.84 Å². The summed E-state index contributed by atoms with van der Waals surface area (Å²) in [6, 6.07) is 5.86. The highest BCUT2D eigenvalue weighted by Gasteiger charge is 2.07. The molecule has 0 spiro atoms. The van der Waals surface area contributed by atoms with Crippen molar-refractivity contribution >= 4 is 0 Å². The van der Waals surface area contributed by atoms with Crippen molar-refractivity contribution in [3.05, 3.63) is 29.3 Å². The van der Waals surface area contributed by atoms with Gasteiger partial charge in [0.05, 0.1) is 6.61 Å². The highest BCUT2D eigenvalue weighted by molar-refractivity contribution is 5.38. The maximum Gasteiger partial charge on any atom is 0.124 e. The zero-order valence-electron chi connectivity index (χ0n) is 8.66. The summed E-state index contributed by atoms with van der Waals surface area (Å²) in [6.45, 7) is 4.24. The lowest BCUT2D eigenvalue weighted by Gasteiger charge is -2.13. The molecule has 0 fully saturated rings. The van der Waals surface area contributed by atoms with Gasteiger partial charge in [0, 0.05) is 11.6 Å². The molecule has 0 saturated carbocycles. The molecule has 3 N–H and O–H groups in total. The number of hydrogen-bond donors (Lipinski definition) is 2. The third kappa shape index (κ3) is 2.72. The largest absolute Gasteiger partial charge is 0.491 e. The molecule has 0 aromatic heterocycles. The molecule has 0 radical (unpaired) electrons. The molecule has 0 amide bonds. The molecule has 1 atom stereocenters. The Bertz CT molecular complexity index is 297. The molecule has 14 heavy (non-hydrogen) atoms. The van der Waals surface area contributed by atoms with Gasteiger partial charge in [-0.05, 0) is 25.5 Å². The number of aliphatic hydroxyl groups excluding tert-OH is 1. The third-order valence-corrected chi connectivity index (χ3v) is 2.01. The fraction of sp³-hybridized carbons (Fsp3) is 0.455. The first-order valence-corrected chi connectivity index (χ1v) is 4.75. The molecule has 0 aliphatic heterocycles. The zero-order valence-corrected chi connectivity index (χ0v) is 8.66. The monoisotopic (exact) mass is 195 g/mol. The quantitative estimate of drug-likeness (QED) is 0.763. The Morgan fingerprint density at radius 1 is 1.50 bits per heavy atom. The van der Waals surface area contributed by atoms with Crippen LogP contribution in [0.1, 0.15) is 24.1 Å². The maximum absolute atomic E-state index is 8.67. The zero-order chi connectivity index (χ0) is 10.6. The second kappa shape index (κ2) is 4.98. The Hall–Kier alpha value is -1.06. The van der Waals surface area contributed by atoms with Crippen LogP contribution in [0.2, 0.25) is 0 Å². The molecule has 1 rings (SSSR count). The molecule has 1 aromatic carbocycles. The number of aryl methyl sites for hydroxylation is 1. The number of rotatable bonds is 4. The van der Waals surface area contributed by atoms with E-state index in [9.17, 15) is 0 Å². The van der Waals surface area contributed by atoms with Crippen molar-refractivity contribution in [2.45, 2.75) is 19.9 Å². The first-order chi connectivity index (χ1) is 6.65. The predicted molar refractivity (Wildman–Crippen MR) is 56.4 cm³/mol.